The van der Waals surface area contributed by atoms with Gasteiger partial charge in [0.15, 0.2) is 5.69 Å². The summed E-state index contributed by atoms with van der Waals surface area (Å²) in [6.07, 6.45) is 5.16. The molecule has 6 heteroatoms. The zero-order valence-corrected chi connectivity index (χ0v) is 12.6. The van der Waals surface area contributed by atoms with Crippen molar-refractivity contribution in [3.63, 3.8) is 0 Å². The summed E-state index contributed by atoms with van der Waals surface area (Å²) in [5.41, 5.74) is 1.75. The lowest BCUT2D eigenvalue weighted by molar-refractivity contribution is 0.101. The Bertz CT molecular complexity index is 825. The van der Waals surface area contributed by atoms with Crippen LogP contribution in [0.3, 0.4) is 0 Å². The van der Waals surface area contributed by atoms with Gasteiger partial charge in [0.2, 0.25) is 0 Å². The van der Waals surface area contributed by atoms with E-state index in [1.165, 1.54) is 12.3 Å². The van der Waals surface area contributed by atoms with Crippen LogP contribution in [0.15, 0.2) is 55.0 Å². The SMILES string of the molecule is Cc1nccn1Cc1ccc(NC(=O)c2ncccc2O)cc1. The number of aromatic hydroxyl groups is 1. The summed E-state index contributed by atoms with van der Waals surface area (Å²) in [6.45, 7) is 2.68. The minimum Gasteiger partial charge on any atom is -0.505 e. The molecule has 0 unspecified atom stereocenters. The fourth-order valence-corrected chi connectivity index (χ4v) is 2.22. The van der Waals surface area contributed by atoms with Gasteiger partial charge >= 0.3 is 0 Å². The number of anilines is 1. The lowest BCUT2D eigenvalue weighted by Gasteiger charge is -2.08. The maximum atomic E-state index is 12.1. The number of carbonyl (C=O) groups is 1. The van der Waals surface area contributed by atoms with E-state index in [2.05, 4.69) is 15.3 Å². The van der Waals surface area contributed by atoms with Crippen LogP contribution in [0.4, 0.5) is 5.69 Å². The first-order valence-corrected chi connectivity index (χ1v) is 7.15. The first-order chi connectivity index (χ1) is 11.1. The number of aryl methyl sites for hydroxylation is 1. The molecule has 1 aromatic carbocycles. The number of hydrogen-bond acceptors (Lipinski definition) is 4. The van der Waals surface area contributed by atoms with Crippen molar-refractivity contribution in [3.05, 3.63) is 72.1 Å². The second-order valence-electron chi connectivity index (χ2n) is 5.12. The number of amides is 1. The topological polar surface area (TPSA) is 80.0 Å². The van der Waals surface area contributed by atoms with Gasteiger partial charge in [0.1, 0.15) is 11.6 Å². The van der Waals surface area contributed by atoms with E-state index in [-0.39, 0.29) is 11.4 Å². The average molecular weight is 308 g/mol. The molecule has 1 amide bonds. The highest BCUT2D eigenvalue weighted by Gasteiger charge is 2.12. The summed E-state index contributed by atoms with van der Waals surface area (Å²) < 4.78 is 2.04. The fraction of sp³-hybridized carbons (Fsp3) is 0.118. The summed E-state index contributed by atoms with van der Waals surface area (Å²) in [7, 11) is 0. The molecule has 0 aliphatic heterocycles. The van der Waals surface area contributed by atoms with E-state index < -0.39 is 5.91 Å². The van der Waals surface area contributed by atoms with E-state index in [0.717, 1.165) is 17.9 Å². The van der Waals surface area contributed by atoms with Crippen LogP contribution >= 0.6 is 0 Å². The number of nitrogens with one attached hydrogen (secondary N) is 1. The molecule has 0 spiro atoms. The van der Waals surface area contributed by atoms with Crippen LogP contribution in [0.1, 0.15) is 21.9 Å². The average Bonchev–Trinajstić information content (AvgIpc) is 2.95. The molecule has 2 N–H and O–H groups in total. The maximum absolute atomic E-state index is 12.1. The smallest absolute Gasteiger partial charge is 0.278 e. The van der Waals surface area contributed by atoms with Crippen molar-refractivity contribution < 1.29 is 9.90 Å². The lowest BCUT2D eigenvalue weighted by Crippen LogP contribution is -2.13. The van der Waals surface area contributed by atoms with Crippen molar-refractivity contribution in [1.82, 2.24) is 14.5 Å². The second kappa shape index (κ2) is 6.31. The number of nitrogens with zero attached hydrogens (tertiary/aromatic N) is 3. The van der Waals surface area contributed by atoms with Crippen molar-refractivity contribution in [2.45, 2.75) is 13.5 Å². The molecule has 0 radical (unpaired) electrons. The Morgan fingerprint density at radius 2 is 1.96 bits per heavy atom. The van der Waals surface area contributed by atoms with E-state index in [1.807, 2.05) is 42.0 Å². The van der Waals surface area contributed by atoms with Crippen molar-refractivity contribution in [2.75, 3.05) is 5.32 Å². The van der Waals surface area contributed by atoms with Gasteiger partial charge in [-0.15, -0.1) is 0 Å². The van der Waals surface area contributed by atoms with Gasteiger partial charge in [-0.1, -0.05) is 12.1 Å². The number of hydrogen-bond donors (Lipinski definition) is 2. The number of imidazole rings is 1. The Labute approximate surface area is 133 Å². The molecule has 3 aromatic rings. The number of aromatic nitrogens is 3. The Hall–Kier alpha value is -3.15. The molecular weight excluding hydrogens is 292 g/mol. The van der Waals surface area contributed by atoms with Crippen LogP contribution in [-0.2, 0) is 6.54 Å². The van der Waals surface area contributed by atoms with Gasteiger partial charge in [-0.2, -0.15) is 0 Å². The zero-order valence-electron chi connectivity index (χ0n) is 12.6. The highest BCUT2D eigenvalue weighted by molar-refractivity contribution is 6.04. The summed E-state index contributed by atoms with van der Waals surface area (Å²) in [4.78, 5) is 20.1. The molecule has 2 heterocycles. The van der Waals surface area contributed by atoms with Gasteiger partial charge in [0, 0.05) is 30.8 Å². The minimum absolute atomic E-state index is 0.00520. The standard InChI is InChI=1S/C17H16N4O2/c1-12-18-9-10-21(12)11-13-4-6-14(7-5-13)20-17(23)16-15(22)3-2-8-19-16/h2-10,22H,11H2,1H3,(H,20,23). The molecule has 0 saturated carbocycles. The summed E-state index contributed by atoms with van der Waals surface area (Å²) in [6, 6.07) is 10.5. The Morgan fingerprint density at radius 1 is 1.17 bits per heavy atom. The molecule has 0 bridgehead atoms. The summed E-state index contributed by atoms with van der Waals surface area (Å²) in [5.74, 6) is 0.367. The molecule has 116 valence electrons. The predicted octanol–water partition coefficient (Wildman–Crippen LogP) is 2.59. The number of rotatable bonds is 4. The summed E-state index contributed by atoms with van der Waals surface area (Å²) >= 11 is 0. The van der Waals surface area contributed by atoms with Gasteiger partial charge in [0.05, 0.1) is 0 Å². The molecule has 23 heavy (non-hydrogen) atoms. The van der Waals surface area contributed by atoms with Crippen LogP contribution < -0.4 is 5.32 Å². The second-order valence-corrected chi connectivity index (χ2v) is 5.12. The van der Waals surface area contributed by atoms with Crippen LogP contribution in [0.5, 0.6) is 5.75 Å². The van der Waals surface area contributed by atoms with E-state index in [4.69, 9.17) is 0 Å². The number of carbonyl (C=O) groups excluding carboxylic acids is 1. The van der Waals surface area contributed by atoms with E-state index >= 15 is 0 Å². The Balaban J connectivity index is 1.69. The summed E-state index contributed by atoms with van der Waals surface area (Å²) in [5, 5.41) is 12.4. The van der Waals surface area contributed by atoms with Crippen molar-refractivity contribution in [2.24, 2.45) is 0 Å². The molecule has 3 rings (SSSR count). The largest absolute Gasteiger partial charge is 0.505 e. The van der Waals surface area contributed by atoms with E-state index in [1.54, 1.807) is 12.3 Å². The van der Waals surface area contributed by atoms with Gasteiger partial charge in [-0.05, 0) is 36.8 Å². The molecule has 0 aliphatic rings. The van der Waals surface area contributed by atoms with Gasteiger partial charge in [-0.25, -0.2) is 9.97 Å². The van der Waals surface area contributed by atoms with Crippen LogP contribution in [-0.4, -0.2) is 25.5 Å². The molecule has 0 fully saturated rings. The van der Waals surface area contributed by atoms with Crippen LogP contribution in [0.25, 0.3) is 0 Å². The maximum Gasteiger partial charge on any atom is 0.278 e. The minimum atomic E-state index is -0.443. The Kier molecular flexibility index (Phi) is 4.05. The van der Waals surface area contributed by atoms with Crippen LogP contribution in [0.2, 0.25) is 0 Å². The van der Waals surface area contributed by atoms with E-state index in [9.17, 15) is 9.90 Å². The normalized spacial score (nSPS) is 10.5. The van der Waals surface area contributed by atoms with E-state index in [0.29, 0.717) is 5.69 Å². The third kappa shape index (κ3) is 3.37. The number of benzene rings is 1. The van der Waals surface area contributed by atoms with Gasteiger partial charge in [0.25, 0.3) is 5.91 Å². The quantitative estimate of drug-likeness (QED) is 0.776. The molecule has 6 nitrogen and oxygen atoms in total. The van der Waals surface area contributed by atoms with Crippen molar-refractivity contribution >= 4 is 11.6 Å². The molecular formula is C17H16N4O2. The predicted molar refractivity (Wildman–Crippen MR) is 86.4 cm³/mol. The van der Waals surface area contributed by atoms with Gasteiger partial charge < -0.3 is 15.0 Å². The zero-order chi connectivity index (χ0) is 16.2. The van der Waals surface area contributed by atoms with Crippen molar-refractivity contribution in [3.8, 4) is 5.75 Å². The van der Waals surface area contributed by atoms with Gasteiger partial charge in [-0.3, -0.25) is 4.79 Å². The molecule has 0 atom stereocenters. The lowest BCUT2D eigenvalue weighted by atomic mass is 10.2. The Morgan fingerprint density at radius 3 is 2.61 bits per heavy atom. The number of pyridine rings is 1. The molecule has 2 aromatic heterocycles. The highest BCUT2D eigenvalue weighted by Crippen LogP contribution is 2.16. The van der Waals surface area contributed by atoms with Crippen LogP contribution in [0, 0.1) is 6.92 Å². The highest BCUT2D eigenvalue weighted by atomic mass is 16.3. The third-order valence-electron chi connectivity index (χ3n) is 3.49. The first kappa shape index (κ1) is 14.8. The first-order valence-electron chi connectivity index (χ1n) is 7.15. The molecule has 0 saturated heterocycles. The fourth-order valence-electron chi connectivity index (χ4n) is 2.22. The third-order valence-corrected chi connectivity index (χ3v) is 3.49. The molecule has 0 aliphatic carbocycles. The monoisotopic (exact) mass is 308 g/mol. The van der Waals surface area contributed by atoms with Crippen molar-refractivity contribution in [1.29, 1.82) is 0 Å².